The zero-order valence-corrected chi connectivity index (χ0v) is 9.49. The van der Waals surface area contributed by atoms with E-state index in [2.05, 4.69) is 10.4 Å². The minimum Gasteiger partial charge on any atom is -0.337 e. The van der Waals surface area contributed by atoms with E-state index in [0.29, 0.717) is 13.0 Å². The van der Waals surface area contributed by atoms with Gasteiger partial charge in [-0.05, 0) is 6.42 Å². The van der Waals surface area contributed by atoms with Gasteiger partial charge in [-0.15, -0.1) is 0 Å². The van der Waals surface area contributed by atoms with Crippen LogP contribution < -0.4 is 5.32 Å². The summed E-state index contributed by atoms with van der Waals surface area (Å²) in [7, 11) is 1.97. The lowest BCUT2D eigenvalue weighted by Crippen LogP contribution is -2.24. The van der Waals surface area contributed by atoms with Crippen LogP contribution in [0.3, 0.4) is 0 Å². The fourth-order valence-corrected chi connectivity index (χ4v) is 2.57. The SMILES string of the molecule is Cn1nc(CN2CCCC2=O)c2c1CNC2. The number of amides is 1. The molecule has 1 aromatic heterocycles. The third-order valence-electron chi connectivity index (χ3n) is 3.46. The number of carbonyl (C=O) groups is 1. The van der Waals surface area contributed by atoms with Crippen molar-refractivity contribution in [2.45, 2.75) is 32.5 Å². The topological polar surface area (TPSA) is 50.2 Å². The van der Waals surface area contributed by atoms with Crippen molar-refractivity contribution in [3.63, 3.8) is 0 Å². The number of carbonyl (C=O) groups excluding carboxylic acids is 1. The highest BCUT2D eigenvalue weighted by molar-refractivity contribution is 5.78. The van der Waals surface area contributed by atoms with Crippen molar-refractivity contribution in [1.82, 2.24) is 20.0 Å². The normalized spacial score (nSPS) is 19.6. The van der Waals surface area contributed by atoms with Crippen molar-refractivity contribution in [2.24, 2.45) is 7.05 Å². The van der Waals surface area contributed by atoms with Gasteiger partial charge in [0.15, 0.2) is 0 Å². The molecule has 86 valence electrons. The minimum atomic E-state index is 0.269. The van der Waals surface area contributed by atoms with Gasteiger partial charge in [-0.25, -0.2) is 0 Å². The van der Waals surface area contributed by atoms with Gasteiger partial charge in [-0.3, -0.25) is 9.48 Å². The number of fused-ring (bicyclic) bond motifs is 1. The molecule has 0 saturated carbocycles. The Labute approximate surface area is 94.4 Å². The van der Waals surface area contributed by atoms with Crippen LogP contribution in [0.1, 0.15) is 29.8 Å². The summed E-state index contributed by atoms with van der Waals surface area (Å²) in [5.41, 5.74) is 3.63. The first kappa shape index (κ1) is 9.84. The van der Waals surface area contributed by atoms with Crippen LogP contribution in [0.4, 0.5) is 0 Å². The molecular formula is C11H16N4O. The molecule has 0 atom stereocenters. The maximum Gasteiger partial charge on any atom is 0.222 e. The fraction of sp³-hybridized carbons (Fsp3) is 0.636. The molecule has 0 aromatic carbocycles. The second-order valence-electron chi connectivity index (χ2n) is 4.52. The zero-order valence-electron chi connectivity index (χ0n) is 9.49. The van der Waals surface area contributed by atoms with Crippen LogP contribution in [0.5, 0.6) is 0 Å². The van der Waals surface area contributed by atoms with Crippen molar-refractivity contribution in [3.05, 3.63) is 17.0 Å². The molecular weight excluding hydrogens is 204 g/mol. The van der Waals surface area contributed by atoms with E-state index in [1.807, 2.05) is 16.6 Å². The minimum absolute atomic E-state index is 0.269. The van der Waals surface area contributed by atoms with Crippen LogP contribution in [0.25, 0.3) is 0 Å². The van der Waals surface area contributed by atoms with E-state index in [0.717, 1.165) is 31.7 Å². The van der Waals surface area contributed by atoms with Gasteiger partial charge in [0.1, 0.15) is 0 Å². The summed E-state index contributed by atoms with van der Waals surface area (Å²) in [5.74, 6) is 0.269. The van der Waals surface area contributed by atoms with E-state index in [1.54, 1.807) is 0 Å². The fourth-order valence-electron chi connectivity index (χ4n) is 2.57. The van der Waals surface area contributed by atoms with E-state index < -0.39 is 0 Å². The van der Waals surface area contributed by atoms with E-state index in [1.165, 1.54) is 11.3 Å². The summed E-state index contributed by atoms with van der Waals surface area (Å²) in [6, 6.07) is 0. The molecule has 1 amide bonds. The summed E-state index contributed by atoms with van der Waals surface area (Å²) in [6.07, 6.45) is 1.69. The van der Waals surface area contributed by atoms with Gasteiger partial charge < -0.3 is 10.2 Å². The standard InChI is InChI=1S/C11H16N4O/c1-14-10-6-12-5-8(10)9(13-14)7-15-4-2-3-11(15)16/h12H,2-7H2,1H3. The molecule has 1 fully saturated rings. The van der Waals surface area contributed by atoms with Gasteiger partial charge in [0.05, 0.1) is 17.9 Å². The van der Waals surface area contributed by atoms with Crippen LogP contribution in [0, 0.1) is 0 Å². The van der Waals surface area contributed by atoms with Crippen LogP contribution in [-0.2, 0) is 31.5 Å². The number of hydrogen-bond acceptors (Lipinski definition) is 3. The maximum atomic E-state index is 11.6. The predicted molar refractivity (Wildman–Crippen MR) is 58.4 cm³/mol. The molecule has 1 aromatic rings. The second kappa shape index (κ2) is 3.59. The monoisotopic (exact) mass is 220 g/mol. The molecule has 16 heavy (non-hydrogen) atoms. The molecule has 2 aliphatic rings. The van der Waals surface area contributed by atoms with Gasteiger partial charge in [-0.1, -0.05) is 0 Å². The number of nitrogens with one attached hydrogen (secondary N) is 1. The van der Waals surface area contributed by atoms with Crippen molar-refractivity contribution in [3.8, 4) is 0 Å². The Morgan fingerprint density at radius 1 is 1.44 bits per heavy atom. The Bertz CT molecular complexity index is 437. The van der Waals surface area contributed by atoms with Crippen LogP contribution in [0.2, 0.25) is 0 Å². The predicted octanol–water partition coefficient (Wildman–Crippen LogP) is 0.146. The quantitative estimate of drug-likeness (QED) is 0.771. The number of hydrogen-bond donors (Lipinski definition) is 1. The van der Waals surface area contributed by atoms with Gasteiger partial charge in [-0.2, -0.15) is 5.10 Å². The molecule has 5 nitrogen and oxygen atoms in total. The molecule has 0 unspecified atom stereocenters. The largest absolute Gasteiger partial charge is 0.337 e. The Morgan fingerprint density at radius 3 is 3.06 bits per heavy atom. The highest BCUT2D eigenvalue weighted by Crippen LogP contribution is 2.22. The first-order chi connectivity index (χ1) is 7.75. The van der Waals surface area contributed by atoms with E-state index in [4.69, 9.17) is 0 Å². The smallest absolute Gasteiger partial charge is 0.222 e. The summed E-state index contributed by atoms with van der Waals surface area (Å²) in [4.78, 5) is 13.5. The third-order valence-corrected chi connectivity index (χ3v) is 3.46. The second-order valence-corrected chi connectivity index (χ2v) is 4.52. The van der Waals surface area contributed by atoms with Gasteiger partial charge in [0, 0.05) is 38.7 Å². The Hall–Kier alpha value is -1.36. The van der Waals surface area contributed by atoms with E-state index in [-0.39, 0.29) is 5.91 Å². The first-order valence-electron chi connectivity index (χ1n) is 5.78. The Kier molecular flexibility index (Phi) is 2.21. The lowest BCUT2D eigenvalue weighted by Gasteiger charge is -2.14. The van der Waals surface area contributed by atoms with Crippen molar-refractivity contribution in [2.75, 3.05) is 6.54 Å². The molecule has 2 aliphatic heterocycles. The Morgan fingerprint density at radius 2 is 2.31 bits per heavy atom. The molecule has 5 heteroatoms. The van der Waals surface area contributed by atoms with Gasteiger partial charge in [0.25, 0.3) is 0 Å². The average molecular weight is 220 g/mol. The molecule has 0 bridgehead atoms. The van der Waals surface area contributed by atoms with E-state index in [9.17, 15) is 4.79 Å². The average Bonchev–Trinajstić information content (AvgIpc) is 2.90. The van der Waals surface area contributed by atoms with Gasteiger partial charge in [0.2, 0.25) is 5.91 Å². The molecule has 1 N–H and O–H groups in total. The number of rotatable bonds is 2. The van der Waals surface area contributed by atoms with Gasteiger partial charge >= 0.3 is 0 Å². The molecule has 3 heterocycles. The molecule has 1 saturated heterocycles. The van der Waals surface area contributed by atoms with Crippen molar-refractivity contribution >= 4 is 5.91 Å². The zero-order chi connectivity index (χ0) is 11.1. The van der Waals surface area contributed by atoms with Crippen LogP contribution in [0.15, 0.2) is 0 Å². The number of aryl methyl sites for hydroxylation is 1. The lowest BCUT2D eigenvalue weighted by atomic mass is 10.2. The van der Waals surface area contributed by atoms with Crippen LogP contribution >= 0.6 is 0 Å². The third kappa shape index (κ3) is 1.43. The number of nitrogens with zero attached hydrogens (tertiary/aromatic N) is 3. The highest BCUT2D eigenvalue weighted by Gasteiger charge is 2.25. The first-order valence-corrected chi connectivity index (χ1v) is 5.78. The lowest BCUT2D eigenvalue weighted by molar-refractivity contribution is -0.128. The molecule has 0 aliphatic carbocycles. The van der Waals surface area contributed by atoms with Crippen molar-refractivity contribution < 1.29 is 4.79 Å². The molecule has 0 spiro atoms. The number of aromatic nitrogens is 2. The van der Waals surface area contributed by atoms with E-state index >= 15 is 0 Å². The summed E-state index contributed by atoms with van der Waals surface area (Å²) in [6.45, 7) is 3.36. The molecule has 3 rings (SSSR count). The summed E-state index contributed by atoms with van der Waals surface area (Å²) in [5, 5.41) is 7.83. The summed E-state index contributed by atoms with van der Waals surface area (Å²) >= 11 is 0. The number of likely N-dealkylation sites (tertiary alicyclic amines) is 1. The Balaban J connectivity index is 1.85. The highest BCUT2D eigenvalue weighted by atomic mass is 16.2. The van der Waals surface area contributed by atoms with Crippen molar-refractivity contribution in [1.29, 1.82) is 0 Å². The maximum absolute atomic E-state index is 11.6. The van der Waals surface area contributed by atoms with Crippen LogP contribution in [-0.4, -0.2) is 27.1 Å². The molecule has 0 radical (unpaired) electrons. The summed E-state index contributed by atoms with van der Waals surface area (Å²) < 4.78 is 1.94.